The van der Waals surface area contributed by atoms with E-state index in [1.54, 1.807) is 0 Å². The van der Waals surface area contributed by atoms with E-state index in [1.807, 2.05) is 20.8 Å². The second-order valence-electron chi connectivity index (χ2n) is 5.66. The van der Waals surface area contributed by atoms with E-state index in [4.69, 9.17) is 4.74 Å². The van der Waals surface area contributed by atoms with Gasteiger partial charge >= 0.3 is 0 Å². The summed E-state index contributed by atoms with van der Waals surface area (Å²) in [7, 11) is -1.39. The molecule has 1 unspecified atom stereocenters. The van der Waals surface area contributed by atoms with E-state index in [2.05, 4.69) is 4.72 Å². The third kappa shape index (κ3) is 2.70. The normalized spacial score (nSPS) is 19.8. The molecule has 19 heavy (non-hydrogen) atoms. The lowest BCUT2D eigenvalue weighted by molar-refractivity contribution is -0.0677. The Morgan fingerprint density at radius 1 is 1.32 bits per heavy atom. The maximum absolute atomic E-state index is 13.9. The van der Waals surface area contributed by atoms with Gasteiger partial charge in [-0.25, -0.2) is 17.7 Å². The second-order valence-corrected chi connectivity index (χ2v) is 7.63. The van der Waals surface area contributed by atoms with Crippen molar-refractivity contribution in [3.8, 4) is 0 Å². The average molecular weight is 289 g/mol. The van der Waals surface area contributed by atoms with Crippen molar-refractivity contribution in [3.05, 3.63) is 35.4 Å². The molecule has 106 valence electrons. The fraction of sp³-hybridized carbons (Fsp3) is 0.538. The Morgan fingerprint density at radius 2 is 1.95 bits per heavy atom. The van der Waals surface area contributed by atoms with Gasteiger partial charge < -0.3 is 4.74 Å². The SMILES string of the molecule is CC(C)(C)S(=O)NC1(c2cccc(F)c2F)COC1. The number of nitrogens with one attached hydrogen (secondary N) is 1. The van der Waals surface area contributed by atoms with Gasteiger partial charge in [0.1, 0.15) is 5.54 Å². The van der Waals surface area contributed by atoms with Gasteiger partial charge in [0.25, 0.3) is 0 Å². The first-order chi connectivity index (χ1) is 8.76. The molecule has 2 rings (SSSR count). The highest BCUT2D eigenvalue weighted by Gasteiger charge is 2.45. The van der Waals surface area contributed by atoms with Crippen molar-refractivity contribution < 1.29 is 17.7 Å². The number of hydrogen-bond donors (Lipinski definition) is 1. The highest BCUT2D eigenvalue weighted by Crippen LogP contribution is 2.33. The summed E-state index contributed by atoms with van der Waals surface area (Å²) in [5.41, 5.74) is -0.749. The van der Waals surface area contributed by atoms with Gasteiger partial charge in [-0.2, -0.15) is 0 Å². The summed E-state index contributed by atoms with van der Waals surface area (Å²) in [5.74, 6) is -1.82. The van der Waals surface area contributed by atoms with E-state index in [0.29, 0.717) is 0 Å². The van der Waals surface area contributed by atoms with Crippen molar-refractivity contribution in [2.24, 2.45) is 0 Å². The van der Waals surface area contributed by atoms with Gasteiger partial charge in [0.15, 0.2) is 11.6 Å². The van der Waals surface area contributed by atoms with Crippen LogP contribution in [0.2, 0.25) is 0 Å². The number of benzene rings is 1. The summed E-state index contributed by atoms with van der Waals surface area (Å²) in [4.78, 5) is 0. The average Bonchev–Trinajstić information content (AvgIpc) is 2.26. The van der Waals surface area contributed by atoms with Crippen LogP contribution >= 0.6 is 0 Å². The molecule has 0 aliphatic carbocycles. The summed E-state index contributed by atoms with van der Waals surface area (Å²) in [5, 5.41) is 0. The van der Waals surface area contributed by atoms with Crippen LogP contribution in [0.5, 0.6) is 0 Å². The Kier molecular flexibility index (Phi) is 3.77. The van der Waals surface area contributed by atoms with E-state index in [-0.39, 0.29) is 18.8 Å². The molecule has 0 spiro atoms. The molecule has 3 nitrogen and oxygen atoms in total. The molecule has 0 amide bonds. The van der Waals surface area contributed by atoms with Crippen molar-refractivity contribution in [1.29, 1.82) is 0 Å². The standard InChI is InChI=1S/C13H17F2NO2S/c1-12(2,3)19(17)16-13(7-18-8-13)9-5-4-6-10(14)11(9)15/h4-6,16H,7-8H2,1-3H3. The lowest BCUT2D eigenvalue weighted by Gasteiger charge is -2.43. The van der Waals surface area contributed by atoms with Crippen molar-refractivity contribution in [1.82, 2.24) is 4.72 Å². The molecule has 1 aliphatic heterocycles. The molecule has 0 bridgehead atoms. The first-order valence-electron chi connectivity index (χ1n) is 5.98. The maximum atomic E-state index is 13.9. The molecule has 1 saturated heterocycles. The van der Waals surface area contributed by atoms with E-state index in [9.17, 15) is 13.0 Å². The van der Waals surface area contributed by atoms with Crippen LogP contribution in [-0.4, -0.2) is 22.2 Å². The van der Waals surface area contributed by atoms with Crippen molar-refractivity contribution in [3.63, 3.8) is 0 Å². The lowest BCUT2D eigenvalue weighted by atomic mass is 9.89. The molecular weight excluding hydrogens is 272 g/mol. The minimum Gasteiger partial charge on any atom is -0.377 e. The van der Waals surface area contributed by atoms with Gasteiger partial charge in [0.05, 0.1) is 28.9 Å². The predicted molar refractivity (Wildman–Crippen MR) is 69.9 cm³/mol. The molecule has 0 radical (unpaired) electrons. The zero-order valence-electron chi connectivity index (χ0n) is 11.1. The van der Waals surface area contributed by atoms with Gasteiger partial charge in [0.2, 0.25) is 0 Å². The fourth-order valence-corrected chi connectivity index (χ4v) is 2.67. The van der Waals surface area contributed by atoms with Gasteiger partial charge in [-0.1, -0.05) is 12.1 Å². The molecule has 0 saturated carbocycles. The third-order valence-corrected chi connectivity index (χ3v) is 4.70. The van der Waals surface area contributed by atoms with Crippen LogP contribution in [0, 0.1) is 11.6 Å². The van der Waals surface area contributed by atoms with E-state index in [0.717, 1.165) is 6.07 Å². The van der Waals surface area contributed by atoms with Crippen LogP contribution in [0.25, 0.3) is 0 Å². The van der Waals surface area contributed by atoms with E-state index < -0.39 is 32.9 Å². The van der Waals surface area contributed by atoms with Gasteiger partial charge in [-0.05, 0) is 26.8 Å². The summed E-state index contributed by atoms with van der Waals surface area (Å²) >= 11 is 0. The minimum absolute atomic E-state index is 0.163. The van der Waals surface area contributed by atoms with Crippen molar-refractivity contribution in [2.75, 3.05) is 13.2 Å². The monoisotopic (exact) mass is 289 g/mol. The van der Waals surface area contributed by atoms with Crippen LogP contribution in [-0.2, 0) is 21.3 Å². The first kappa shape index (κ1) is 14.6. The van der Waals surface area contributed by atoms with Crippen LogP contribution in [0.3, 0.4) is 0 Å². The molecule has 1 atom stereocenters. The highest BCUT2D eigenvalue weighted by atomic mass is 32.2. The molecular formula is C13H17F2NO2S. The Bertz CT molecular complexity index is 510. The van der Waals surface area contributed by atoms with Crippen molar-refractivity contribution in [2.45, 2.75) is 31.1 Å². The molecule has 1 aromatic rings. The highest BCUT2D eigenvalue weighted by molar-refractivity contribution is 7.84. The largest absolute Gasteiger partial charge is 0.377 e. The molecule has 1 heterocycles. The molecule has 6 heteroatoms. The smallest absolute Gasteiger partial charge is 0.164 e. The molecule has 1 fully saturated rings. The zero-order valence-corrected chi connectivity index (χ0v) is 11.9. The predicted octanol–water partition coefficient (Wildman–Crippen LogP) is 2.24. The molecule has 1 N–H and O–H groups in total. The third-order valence-electron chi connectivity index (χ3n) is 3.01. The van der Waals surface area contributed by atoms with Crippen molar-refractivity contribution >= 4 is 11.0 Å². The molecule has 1 aliphatic rings. The van der Waals surface area contributed by atoms with Gasteiger partial charge in [-0.3, -0.25) is 0 Å². The van der Waals surface area contributed by atoms with Gasteiger partial charge in [0, 0.05) is 5.56 Å². The number of rotatable bonds is 3. The first-order valence-corrected chi connectivity index (χ1v) is 7.13. The van der Waals surface area contributed by atoms with E-state index in [1.165, 1.54) is 12.1 Å². The number of halogens is 2. The van der Waals surface area contributed by atoms with Crippen LogP contribution in [0.4, 0.5) is 8.78 Å². The minimum atomic E-state index is -1.39. The fourth-order valence-electron chi connectivity index (χ4n) is 1.78. The van der Waals surface area contributed by atoms with Crippen LogP contribution in [0.15, 0.2) is 18.2 Å². The molecule has 0 aromatic heterocycles. The summed E-state index contributed by atoms with van der Waals surface area (Å²) in [6.45, 7) is 5.78. The quantitative estimate of drug-likeness (QED) is 0.927. The zero-order chi connectivity index (χ0) is 14.3. The Balaban J connectivity index is 2.33. The topological polar surface area (TPSA) is 38.3 Å². The number of ether oxygens (including phenoxy) is 1. The lowest BCUT2D eigenvalue weighted by Crippen LogP contribution is -2.60. The summed E-state index contributed by atoms with van der Waals surface area (Å²) < 4.78 is 46.9. The molecule has 1 aromatic carbocycles. The summed E-state index contributed by atoms with van der Waals surface area (Å²) in [6.07, 6.45) is 0. The summed E-state index contributed by atoms with van der Waals surface area (Å²) in [6, 6.07) is 4.00. The Morgan fingerprint density at radius 3 is 2.42 bits per heavy atom. The van der Waals surface area contributed by atoms with Gasteiger partial charge in [-0.15, -0.1) is 0 Å². The number of hydrogen-bond acceptors (Lipinski definition) is 2. The second kappa shape index (κ2) is 4.92. The Hall–Kier alpha value is -0.850. The maximum Gasteiger partial charge on any atom is 0.164 e. The van der Waals surface area contributed by atoms with Crippen LogP contribution < -0.4 is 4.72 Å². The van der Waals surface area contributed by atoms with Crippen LogP contribution in [0.1, 0.15) is 26.3 Å². The Labute approximate surface area is 113 Å². The van der Waals surface area contributed by atoms with E-state index >= 15 is 0 Å².